The molecule has 3 nitrogen and oxygen atoms in total. The Balaban J connectivity index is 1.13. The Hall–Kier alpha value is -1.92. The van der Waals surface area contributed by atoms with Crippen LogP contribution in [0.3, 0.4) is 0 Å². The second-order valence-corrected chi connectivity index (χ2v) is 13.6. The predicted octanol–water partition coefficient (Wildman–Crippen LogP) is 7.84. The fourth-order valence-corrected chi connectivity index (χ4v) is 8.28. The molecule has 38 heavy (non-hydrogen) atoms. The second-order valence-electron chi connectivity index (χ2n) is 11.8. The molecule has 6 heteroatoms. The van der Waals surface area contributed by atoms with Gasteiger partial charge in [0.1, 0.15) is 11.6 Å². The van der Waals surface area contributed by atoms with E-state index in [1.807, 2.05) is 4.90 Å². The lowest BCUT2D eigenvalue weighted by molar-refractivity contribution is 0.0609. The van der Waals surface area contributed by atoms with Crippen molar-refractivity contribution >= 4 is 28.4 Å². The van der Waals surface area contributed by atoms with Crippen molar-refractivity contribution in [3.8, 4) is 0 Å². The van der Waals surface area contributed by atoms with Crippen LogP contribution < -0.4 is 0 Å². The molecule has 3 aliphatic rings. The van der Waals surface area contributed by atoms with E-state index in [-0.39, 0.29) is 11.3 Å². The van der Waals surface area contributed by atoms with Crippen LogP contribution in [0, 0.1) is 17.6 Å². The Morgan fingerprint density at radius 1 is 0.895 bits per heavy atom. The molecule has 0 atom stereocenters. The zero-order chi connectivity index (χ0) is 26.8. The fraction of sp³-hybridized carbons (Fsp3) is 0.594. The zero-order valence-corrected chi connectivity index (χ0v) is 24.0. The van der Waals surface area contributed by atoms with E-state index in [1.165, 1.54) is 62.8 Å². The summed E-state index contributed by atoms with van der Waals surface area (Å²) in [5.74, 6) is -0.592. The van der Waals surface area contributed by atoms with Gasteiger partial charge in [-0.1, -0.05) is 37.1 Å². The van der Waals surface area contributed by atoms with Crippen LogP contribution >= 0.6 is 11.8 Å². The van der Waals surface area contributed by atoms with Crippen LogP contribution in [0.25, 0.3) is 10.8 Å². The molecule has 2 heterocycles. The van der Waals surface area contributed by atoms with Gasteiger partial charge in [-0.25, -0.2) is 8.78 Å². The summed E-state index contributed by atoms with van der Waals surface area (Å²) >= 11 is 2.17. The summed E-state index contributed by atoms with van der Waals surface area (Å²) in [5, 5.41) is 1.85. The van der Waals surface area contributed by atoms with Crippen LogP contribution in [-0.2, 0) is 0 Å². The van der Waals surface area contributed by atoms with Gasteiger partial charge in [0.15, 0.2) is 0 Å². The molecule has 0 unspecified atom stereocenters. The summed E-state index contributed by atoms with van der Waals surface area (Å²) in [6, 6.07) is 7.64. The minimum absolute atomic E-state index is 0.0943. The first-order valence-electron chi connectivity index (χ1n) is 14.6. The quantitative estimate of drug-likeness (QED) is 0.361. The number of hydrogen-bond donors (Lipinski definition) is 0. The van der Waals surface area contributed by atoms with Gasteiger partial charge in [0.25, 0.3) is 5.91 Å². The molecule has 206 valence electrons. The Labute approximate surface area is 231 Å². The van der Waals surface area contributed by atoms with Crippen molar-refractivity contribution in [2.24, 2.45) is 5.92 Å². The van der Waals surface area contributed by atoms with Gasteiger partial charge in [-0.15, -0.1) is 0 Å². The molecule has 0 radical (unpaired) electrons. The van der Waals surface area contributed by atoms with Crippen molar-refractivity contribution < 1.29 is 13.6 Å². The Morgan fingerprint density at radius 2 is 1.55 bits per heavy atom. The minimum Gasteiger partial charge on any atom is -0.339 e. The highest BCUT2D eigenvalue weighted by Crippen LogP contribution is 2.39. The molecule has 1 aliphatic carbocycles. The molecule has 3 fully saturated rings. The van der Waals surface area contributed by atoms with E-state index in [2.05, 4.69) is 37.4 Å². The third kappa shape index (κ3) is 5.96. The number of hydrogen-bond acceptors (Lipinski definition) is 3. The molecule has 0 aromatic heterocycles. The maximum Gasteiger partial charge on any atom is 0.254 e. The van der Waals surface area contributed by atoms with Crippen molar-refractivity contribution in [3.05, 3.63) is 58.7 Å². The first kappa shape index (κ1) is 27.6. The average Bonchev–Trinajstić information content (AvgIpc) is 2.93. The van der Waals surface area contributed by atoms with Gasteiger partial charge in [0, 0.05) is 48.4 Å². The van der Waals surface area contributed by atoms with E-state index in [9.17, 15) is 13.6 Å². The van der Waals surface area contributed by atoms with E-state index in [1.54, 1.807) is 17.2 Å². The van der Waals surface area contributed by atoms with Crippen molar-refractivity contribution in [1.82, 2.24) is 9.80 Å². The van der Waals surface area contributed by atoms with E-state index >= 15 is 0 Å². The molecule has 0 N–H and O–H groups in total. The maximum atomic E-state index is 14.3. The third-order valence-corrected chi connectivity index (χ3v) is 10.5. The Bertz CT molecular complexity index is 1160. The van der Waals surface area contributed by atoms with Gasteiger partial charge in [-0.2, -0.15) is 11.8 Å². The van der Waals surface area contributed by atoms with Gasteiger partial charge in [-0.3, -0.25) is 9.69 Å². The van der Waals surface area contributed by atoms with Crippen LogP contribution in [0.5, 0.6) is 0 Å². The highest BCUT2D eigenvalue weighted by atomic mass is 32.2. The van der Waals surface area contributed by atoms with Crippen molar-refractivity contribution in [1.29, 1.82) is 0 Å². The Kier molecular flexibility index (Phi) is 8.79. The second kappa shape index (κ2) is 12.1. The summed E-state index contributed by atoms with van der Waals surface area (Å²) in [5.41, 5.74) is 3.77. The minimum atomic E-state index is -0.625. The molecule has 2 saturated heterocycles. The number of nitrogens with zero attached hydrogens (tertiary/aromatic N) is 2. The highest BCUT2D eigenvalue weighted by molar-refractivity contribution is 8.00. The summed E-state index contributed by atoms with van der Waals surface area (Å²) in [6.45, 7) is 10.6. The number of allylic oxidation sites excluding steroid dienone is 1. The summed E-state index contributed by atoms with van der Waals surface area (Å²) < 4.78 is 28.5. The van der Waals surface area contributed by atoms with E-state index in [0.717, 1.165) is 42.3 Å². The topological polar surface area (TPSA) is 23.6 Å². The van der Waals surface area contributed by atoms with E-state index < -0.39 is 11.6 Å². The number of fused-ring (bicyclic) bond motifs is 1. The summed E-state index contributed by atoms with van der Waals surface area (Å²) in [4.78, 5) is 17.8. The largest absolute Gasteiger partial charge is 0.339 e. The monoisotopic (exact) mass is 540 g/mol. The zero-order valence-electron chi connectivity index (χ0n) is 23.1. The van der Waals surface area contributed by atoms with Gasteiger partial charge < -0.3 is 4.90 Å². The van der Waals surface area contributed by atoms with Gasteiger partial charge in [0.05, 0.1) is 5.39 Å². The molecular weight excluding hydrogens is 498 g/mol. The smallest absolute Gasteiger partial charge is 0.254 e. The number of thioether (sulfide) groups is 1. The normalized spacial score (nSPS) is 23.8. The van der Waals surface area contributed by atoms with Crippen molar-refractivity contribution in [2.75, 3.05) is 26.2 Å². The number of likely N-dealkylation sites (tertiary alicyclic amines) is 2. The van der Waals surface area contributed by atoms with Crippen LogP contribution in [0.4, 0.5) is 8.78 Å². The lowest BCUT2D eigenvalue weighted by Crippen LogP contribution is -2.48. The van der Waals surface area contributed by atoms with Crippen LogP contribution in [0.2, 0.25) is 0 Å². The molecule has 5 rings (SSSR count). The molecule has 2 aliphatic heterocycles. The number of benzene rings is 2. The maximum absolute atomic E-state index is 14.3. The highest BCUT2D eigenvalue weighted by Gasteiger charge is 2.31. The number of carbonyl (C=O) groups excluding carboxylic acids is 1. The predicted molar refractivity (Wildman–Crippen MR) is 155 cm³/mol. The van der Waals surface area contributed by atoms with Gasteiger partial charge in [-0.05, 0) is 87.7 Å². The lowest BCUT2D eigenvalue weighted by atomic mass is 9.80. The van der Waals surface area contributed by atoms with Crippen LogP contribution in [0.15, 0.2) is 41.5 Å². The molecular formula is C32H42F2N2OS. The molecule has 2 aromatic carbocycles. The first-order chi connectivity index (χ1) is 18.3. The molecule has 1 amide bonds. The van der Waals surface area contributed by atoms with E-state index in [4.69, 9.17) is 0 Å². The number of rotatable bonds is 5. The average molecular weight is 541 g/mol. The van der Waals surface area contributed by atoms with Crippen LogP contribution in [0.1, 0.15) is 82.5 Å². The van der Waals surface area contributed by atoms with Crippen LogP contribution in [-0.4, -0.2) is 58.4 Å². The van der Waals surface area contributed by atoms with Gasteiger partial charge in [0.2, 0.25) is 0 Å². The van der Waals surface area contributed by atoms with Crippen molar-refractivity contribution in [3.63, 3.8) is 0 Å². The SMILES string of the molecule is CC(=C1CCN(C2CCN(C(=O)c3ccc(F)c4c(F)cccc34)CC2)CC1)C1CCC(SC(C)C)CC1. The summed E-state index contributed by atoms with van der Waals surface area (Å²) in [6.07, 6.45) is 9.70. The lowest BCUT2D eigenvalue weighted by Gasteiger charge is -2.41. The number of piperidine rings is 2. The third-order valence-electron chi connectivity index (χ3n) is 9.15. The number of carbonyl (C=O) groups is 1. The standard InChI is InChI=1S/C32H42F2N2OS/c1-21(2)38-26-9-7-23(8-10-26)22(3)24-13-17-35(18-14-24)25-15-19-36(20-16-25)32(37)28-11-12-30(34)31-27(28)5-4-6-29(31)33/h4-6,11-12,21,23,25-26H,7-10,13-20H2,1-3H3. The van der Waals surface area contributed by atoms with E-state index in [0.29, 0.717) is 30.1 Å². The van der Waals surface area contributed by atoms with Crippen molar-refractivity contribution in [2.45, 2.75) is 88.7 Å². The number of halogens is 2. The summed E-state index contributed by atoms with van der Waals surface area (Å²) in [7, 11) is 0. The molecule has 1 saturated carbocycles. The number of amides is 1. The fourth-order valence-electron chi connectivity index (χ4n) is 6.97. The first-order valence-corrected chi connectivity index (χ1v) is 15.5. The Morgan fingerprint density at radius 3 is 2.21 bits per heavy atom. The van der Waals surface area contributed by atoms with Gasteiger partial charge >= 0.3 is 0 Å². The molecule has 2 aromatic rings. The molecule has 0 spiro atoms. The molecule has 0 bridgehead atoms.